The maximum Gasteiger partial charge on any atom is 0.277 e. The van der Waals surface area contributed by atoms with Gasteiger partial charge in [0.2, 0.25) is 0 Å². The maximum absolute atomic E-state index is 11.9. The van der Waals surface area contributed by atoms with Crippen LogP contribution < -0.4 is 5.32 Å². The summed E-state index contributed by atoms with van der Waals surface area (Å²) >= 11 is 6.05. The zero-order chi connectivity index (χ0) is 14.0. The number of β-amino-alcohol motifs (C(OH)–C–C–N with tert-alkyl or cyclic N) is 1. The van der Waals surface area contributed by atoms with Crippen LogP contribution in [0.3, 0.4) is 0 Å². The lowest BCUT2D eigenvalue weighted by molar-refractivity contribution is -0.137. The number of hydrogen-bond acceptors (Lipinski definition) is 4. The largest absolute Gasteiger partial charge is 0.395 e. The van der Waals surface area contributed by atoms with Crippen molar-refractivity contribution in [1.82, 2.24) is 4.90 Å². The first-order valence-electron chi connectivity index (χ1n) is 5.74. The van der Waals surface area contributed by atoms with E-state index in [9.17, 15) is 9.59 Å². The first kappa shape index (κ1) is 13.6. The summed E-state index contributed by atoms with van der Waals surface area (Å²) in [6.45, 7) is 1.63. The molecule has 6 heteroatoms. The van der Waals surface area contributed by atoms with Crippen molar-refractivity contribution in [2.75, 3.05) is 18.5 Å². The number of nitrogens with one attached hydrogen (secondary N) is 1. The number of halogens is 1. The molecule has 0 saturated heterocycles. The number of aliphatic hydroxyl groups is 1. The minimum Gasteiger partial charge on any atom is -0.395 e. The second-order valence-electron chi connectivity index (χ2n) is 4.18. The highest BCUT2D eigenvalue weighted by atomic mass is 35.5. The van der Waals surface area contributed by atoms with Gasteiger partial charge in [0.1, 0.15) is 5.70 Å². The van der Waals surface area contributed by atoms with Crippen LogP contribution in [0.5, 0.6) is 0 Å². The molecule has 0 aliphatic carbocycles. The SMILES string of the molecule is Cc1ccc(NC2=CC(=O)N(CCO)C2=O)c(Cl)c1. The van der Waals surface area contributed by atoms with Crippen LogP contribution in [0.4, 0.5) is 5.69 Å². The second kappa shape index (κ2) is 5.42. The number of aryl methyl sites for hydroxylation is 1. The Morgan fingerprint density at radius 1 is 1.37 bits per heavy atom. The monoisotopic (exact) mass is 280 g/mol. The third-order valence-corrected chi connectivity index (χ3v) is 3.04. The van der Waals surface area contributed by atoms with Gasteiger partial charge in [-0.15, -0.1) is 0 Å². The van der Waals surface area contributed by atoms with Crippen LogP contribution in [0.15, 0.2) is 30.0 Å². The molecule has 0 atom stereocenters. The highest BCUT2D eigenvalue weighted by Gasteiger charge is 2.30. The van der Waals surface area contributed by atoms with Gasteiger partial charge in [0.25, 0.3) is 11.8 Å². The lowest BCUT2D eigenvalue weighted by Gasteiger charge is -2.14. The van der Waals surface area contributed by atoms with Crippen LogP contribution in [0.1, 0.15) is 5.56 Å². The van der Waals surface area contributed by atoms with Crippen molar-refractivity contribution < 1.29 is 14.7 Å². The lowest BCUT2D eigenvalue weighted by atomic mass is 10.2. The average Bonchev–Trinajstić information content (AvgIpc) is 2.61. The third kappa shape index (κ3) is 2.77. The van der Waals surface area contributed by atoms with E-state index < -0.39 is 11.8 Å². The van der Waals surface area contributed by atoms with Crippen LogP contribution in [0.2, 0.25) is 5.02 Å². The van der Waals surface area contributed by atoms with Crippen molar-refractivity contribution in [2.45, 2.75) is 6.92 Å². The van der Waals surface area contributed by atoms with E-state index in [-0.39, 0.29) is 18.8 Å². The minimum atomic E-state index is -0.462. The van der Waals surface area contributed by atoms with E-state index >= 15 is 0 Å². The normalized spacial score (nSPS) is 14.9. The molecule has 1 aliphatic rings. The van der Waals surface area contributed by atoms with Crippen LogP contribution in [0, 0.1) is 6.92 Å². The number of carbonyl (C=O) groups is 2. The van der Waals surface area contributed by atoms with Gasteiger partial charge >= 0.3 is 0 Å². The fourth-order valence-electron chi connectivity index (χ4n) is 1.78. The number of aliphatic hydroxyl groups excluding tert-OH is 1. The number of benzene rings is 1. The molecular formula is C13H13ClN2O3. The molecule has 1 heterocycles. The van der Waals surface area contributed by atoms with Crippen molar-refractivity contribution in [3.05, 3.63) is 40.6 Å². The average molecular weight is 281 g/mol. The molecule has 0 fully saturated rings. The molecule has 0 saturated carbocycles. The molecule has 0 bridgehead atoms. The summed E-state index contributed by atoms with van der Waals surface area (Å²) < 4.78 is 0. The zero-order valence-electron chi connectivity index (χ0n) is 10.3. The Balaban J connectivity index is 2.18. The van der Waals surface area contributed by atoms with E-state index in [4.69, 9.17) is 16.7 Å². The van der Waals surface area contributed by atoms with E-state index in [1.54, 1.807) is 12.1 Å². The highest BCUT2D eigenvalue weighted by Crippen LogP contribution is 2.25. The Labute approximate surface area is 115 Å². The van der Waals surface area contributed by atoms with E-state index in [1.807, 2.05) is 13.0 Å². The minimum absolute atomic E-state index is 0.0129. The smallest absolute Gasteiger partial charge is 0.277 e. The standard InChI is InChI=1S/C13H13ClN2O3/c1-8-2-3-10(9(14)6-8)15-11-7-12(18)16(4-5-17)13(11)19/h2-3,6-7,15,17H,4-5H2,1H3. The van der Waals surface area contributed by atoms with Gasteiger partial charge in [0.05, 0.1) is 23.9 Å². The van der Waals surface area contributed by atoms with E-state index in [0.717, 1.165) is 10.5 Å². The fourth-order valence-corrected chi connectivity index (χ4v) is 2.06. The van der Waals surface area contributed by atoms with E-state index in [0.29, 0.717) is 10.7 Å². The summed E-state index contributed by atoms with van der Waals surface area (Å²) in [6.07, 6.45) is 1.20. The number of hydrogen-bond donors (Lipinski definition) is 2. The highest BCUT2D eigenvalue weighted by molar-refractivity contribution is 6.33. The van der Waals surface area contributed by atoms with Crippen molar-refractivity contribution in [2.24, 2.45) is 0 Å². The van der Waals surface area contributed by atoms with Crippen molar-refractivity contribution in [1.29, 1.82) is 0 Å². The molecule has 0 spiro atoms. The molecule has 100 valence electrons. The molecule has 2 N–H and O–H groups in total. The predicted molar refractivity (Wildman–Crippen MR) is 71.7 cm³/mol. The fraction of sp³-hybridized carbons (Fsp3) is 0.231. The number of imide groups is 1. The topological polar surface area (TPSA) is 69.6 Å². The maximum atomic E-state index is 11.9. The summed E-state index contributed by atoms with van der Waals surface area (Å²) in [7, 11) is 0. The van der Waals surface area contributed by atoms with Gasteiger partial charge in [-0.05, 0) is 24.6 Å². The van der Waals surface area contributed by atoms with Gasteiger partial charge in [-0.2, -0.15) is 0 Å². The second-order valence-corrected chi connectivity index (χ2v) is 4.59. The number of anilines is 1. The van der Waals surface area contributed by atoms with Crippen LogP contribution in [0.25, 0.3) is 0 Å². The van der Waals surface area contributed by atoms with Gasteiger partial charge in [-0.1, -0.05) is 17.7 Å². The molecular weight excluding hydrogens is 268 g/mol. The van der Waals surface area contributed by atoms with Gasteiger partial charge in [-0.3, -0.25) is 14.5 Å². The van der Waals surface area contributed by atoms with E-state index in [1.165, 1.54) is 6.08 Å². The van der Waals surface area contributed by atoms with Gasteiger partial charge in [-0.25, -0.2) is 0 Å². The Bertz CT molecular complexity index is 569. The number of carbonyl (C=O) groups excluding carboxylic acids is 2. The predicted octanol–water partition coefficient (Wildman–Crippen LogP) is 1.31. The molecule has 5 nitrogen and oxygen atoms in total. The van der Waals surface area contributed by atoms with Gasteiger partial charge < -0.3 is 10.4 Å². The summed E-state index contributed by atoms with van der Waals surface area (Å²) in [5.74, 6) is -0.902. The Kier molecular flexibility index (Phi) is 3.87. The molecule has 0 unspecified atom stereocenters. The Morgan fingerprint density at radius 2 is 2.11 bits per heavy atom. The van der Waals surface area contributed by atoms with Crippen LogP contribution >= 0.6 is 11.6 Å². The van der Waals surface area contributed by atoms with Gasteiger partial charge in [0.15, 0.2) is 0 Å². The number of nitrogens with zero attached hydrogens (tertiary/aromatic N) is 1. The van der Waals surface area contributed by atoms with Crippen molar-refractivity contribution >= 4 is 29.1 Å². The zero-order valence-corrected chi connectivity index (χ0v) is 11.1. The van der Waals surface area contributed by atoms with E-state index in [2.05, 4.69) is 5.32 Å². The number of amides is 2. The Hall–Kier alpha value is -1.85. The molecule has 1 aromatic carbocycles. The molecule has 1 aliphatic heterocycles. The molecule has 0 aromatic heterocycles. The molecule has 1 aromatic rings. The summed E-state index contributed by atoms with van der Waals surface area (Å²) in [4.78, 5) is 24.4. The van der Waals surface area contributed by atoms with Crippen LogP contribution in [-0.4, -0.2) is 35.0 Å². The van der Waals surface area contributed by atoms with Crippen molar-refractivity contribution in [3.8, 4) is 0 Å². The quantitative estimate of drug-likeness (QED) is 0.816. The van der Waals surface area contributed by atoms with Gasteiger partial charge in [0, 0.05) is 6.08 Å². The lowest BCUT2D eigenvalue weighted by Crippen LogP contribution is -2.34. The first-order valence-corrected chi connectivity index (χ1v) is 6.12. The molecule has 0 radical (unpaired) electrons. The third-order valence-electron chi connectivity index (χ3n) is 2.73. The van der Waals surface area contributed by atoms with Crippen LogP contribution in [-0.2, 0) is 9.59 Å². The Morgan fingerprint density at radius 3 is 2.74 bits per heavy atom. The molecule has 2 rings (SSSR count). The molecule has 19 heavy (non-hydrogen) atoms. The number of rotatable bonds is 4. The summed E-state index contributed by atoms with van der Waals surface area (Å²) in [6, 6.07) is 5.35. The summed E-state index contributed by atoms with van der Waals surface area (Å²) in [5.41, 5.74) is 1.72. The molecule has 2 amide bonds. The first-order chi connectivity index (χ1) is 9.02. The van der Waals surface area contributed by atoms with Crippen molar-refractivity contribution in [3.63, 3.8) is 0 Å². The summed E-state index contributed by atoms with van der Waals surface area (Å²) in [5, 5.41) is 12.1.